The highest BCUT2D eigenvalue weighted by Gasteiger charge is 2.43. The maximum Gasteiger partial charge on any atom is 0.347 e. The van der Waals surface area contributed by atoms with Crippen LogP contribution in [0.25, 0.3) is 0 Å². The van der Waals surface area contributed by atoms with Gasteiger partial charge in [0.05, 0.1) is 0 Å². The molecule has 20 heavy (non-hydrogen) atoms. The number of nitrogens with one attached hydrogen (secondary N) is 1. The van der Waals surface area contributed by atoms with E-state index in [2.05, 4.69) is 5.32 Å². The molecule has 0 saturated heterocycles. The van der Waals surface area contributed by atoms with Crippen LogP contribution in [0.4, 0.5) is 0 Å². The van der Waals surface area contributed by atoms with Crippen LogP contribution < -0.4 is 5.32 Å². The van der Waals surface area contributed by atoms with E-state index in [1.165, 1.54) is 14.2 Å². The largest absolute Gasteiger partial charge is 0.347 e. The van der Waals surface area contributed by atoms with Crippen molar-refractivity contribution in [2.24, 2.45) is 5.41 Å². The highest BCUT2D eigenvalue weighted by atomic mass is 31.2. The van der Waals surface area contributed by atoms with E-state index in [-0.39, 0.29) is 17.2 Å². The fourth-order valence-electron chi connectivity index (χ4n) is 2.18. The van der Waals surface area contributed by atoms with Crippen molar-refractivity contribution < 1.29 is 13.6 Å². The van der Waals surface area contributed by atoms with Gasteiger partial charge in [0.15, 0.2) is 0 Å². The minimum Gasteiger partial charge on any atom is -0.311 e. The molecular weight excluding hydrogens is 273 g/mol. The molecule has 0 aliphatic carbocycles. The standard InChI is InChI=1S/C15H26NO3P/c1-12(13-10-8-7-9-11-13)16-14(15(2,3)4)20(17,18-5)19-6/h7-12,14,16H,1-6H3/t12-,14+/m1/s1. The average Bonchev–Trinajstić information content (AvgIpc) is 2.43. The van der Waals surface area contributed by atoms with Crippen LogP contribution in [0.2, 0.25) is 0 Å². The minimum absolute atomic E-state index is 0.0547. The summed E-state index contributed by atoms with van der Waals surface area (Å²) in [4.78, 5) is 0. The fraction of sp³-hybridized carbons (Fsp3) is 0.600. The van der Waals surface area contributed by atoms with Crippen LogP contribution in [-0.2, 0) is 13.6 Å². The maximum absolute atomic E-state index is 12.8. The van der Waals surface area contributed by atoms with Crippen molar-refractivity contribution in [3.63, 3.8) is 0 Å². The SMILES string of the molecule is COP(=O)(OC)[C@H](N[C@H](C)c1ccccc1)C(C)(C)C. The van der Waals surface area contributed by atoms with Gasteiger partial charge in [-0.25, -0.2) is 0 Å². The lowest BCUT2D eigenvalue weighted by Crippen LogP contribution is -2.42. The summed E-state index contributed by atoms with van der Waals surface area (Å²) in [6.45, 7) is 8.11. The molecule has 0 bridgehead atoms. The molecular formula is C15H26NO3P. The Balaban J connectivity index is 3.00. The molecule has 0 heterocycles. The first-order valence-corrected chi connectivity index (χ1v) is 8.38. The van der Waals surface area contributed by atoms with Crippen LogP contribution in [-0.4, -0.2) is 20.0 Å². The Morgan fingerprint density at radius 1 is 1.10 bits per heavy atom. The van der Waals surface area contributed by atoms with Gasteiger partial charge >= 0.3 is 7.60 Å². The lowest BCUT2D eigenvalue weighted by atomic mass is 9.95. The van der Waals surface area contributed by atoms with E-state index in [0.29, 0.717) is 0 Å². The highest BCUT2D eigenvalue weighted by molar-refractivity contribution is 7.54. The quantitative estimate of drug-likeness (QED) is 0.800. The number of hydrogen-bond acceptors (Lipinski definition) is 4. The highest BCUT2D eigenvalue weighted by Crippen LogP contribution is 2.56. The molecule has 0 aliphatic heterocycles. The molecule has 0 amide bonds. The van der Waals surface area contributed by atoms with Crippen molar-refractivity contribution in [3.8, 4) is 0 Å². The van der Waals surface area contributed by atoms with Gasteiger partial charge in [-0.05, 0) is 17.9 Å². The zero-order valence-electron chi connectivity index (χ0n) is 13.2. The molecule has 4 nitrogen and oxygen atoms in total. The molecule has 5 heteroatoms. The fourth-order valence-corrected chi connectivity index (χ4v) is 4.10. The Bertz CT molecular complexity index is 448. The number of benzene rings is 1. The second kappa shape index (κ2) is 6.86. The maximum atomic E-state index is 12.8. The molecule has 0 saturated carbocycles. The summed E-state index contributed by atoms with van der Waals surface area (Å²) in [5, 5.41) is 3.40. The first kappa shape index (κ1) is 17.4. The molecule has 0 aromatic heterocycles. The van der Waals surface area contributed by atoms with Gasteiger partial charge in [-0.15, -0.1) is 0 Å². The predicted molar refractivity (Wildman–Crippen MR) is 82.9 cm³/mol. The van der Waals surface area contributed by atoms with E-state index < -0.39 is 7.60 Å². The summed E-state index contributed by atoms with van der Waals surface area (Å²) in [6, 6.07) is 10.1. The summed E-state index contributed by atoms with van der Waals surface area (Å²) in [5.41, 5.74) is 0.880. The predicted octanol–water partition coefficient (Wildman–Crippen LogP) is 4.20. The van der Waals surface area contributed by atoms with Crippen molar-refractivity contribution >= 4 is 7.60 Å². The third kappa shape index (κ3) is 4.16. The second-order valence-corrected chi connectivity index (χ2v) is 8.30. The Kier molecular flexibility index (Phi) is 5.96. The minimum atomic E-state index is -3.20. The first-order chi connectivity index (χ1) is 9.24. The molecule has 1 rings (SSSR count). The lowest BCUT2D eigenvalue weighted by molar-refractivity contribution is 0.213. The summed E-state index contributed by atoms with van der Waals surface area (Å²) in [5.74, 6) is -0.389. The van der Waals surface area contributed by atoms with E-state index in [4.69, 9.17) is 9.05 Å². The molecule has 0 unspecified atom stereocenters. The van der Waals surface area contributed by atoms with Crippen molar-refractivity contribution in [1.29, 1.82) is 0 Å². The van der Waals surface area contributed by atoms with Crippen LogP contribution in [0.5, 0.6) is 0 Å². The molecule has 2 atom stereocenters. The monoisotopic (exact) mass is 299 g/mol. The van der Waals surface area contributed by atoms with Gasteiger partial charge in [-0.1, -0.05) is 51.1 Å². The van der Waals surface area contributed by atoms with Gasteiger partial charge < -0.3 is 9.05 Å². The Labute approximate surface area is 122 Å². The molecule has 1 N–H and O–H groups in total. The first-order valence-electron chi connectivity index (χ1n) is 6.77. The Morgan fingerprint density at radius 2 is 1.60 bits per heavy atom. The van der Waals surface area contributed by atoms with Gasteiger partial charge in [-0.2, -0.15) is 0 Å². The van der Waals surface area contributed by atoms with Crippen LogP contribution in [0.3, 0.4) is 0 Å². The molecule has 1 aromatic rings. The molecule has 1 aromatic carbocycles. The average molecular weight is 299 g/mol. The molecule has 114 valence electrons. The topological polar surface area (TPSA) is 47.6 Å². The van der Waals surface area contributed by atoms with E-state index in [1.807, 2.05) is 58.0 Å². The Hall–Kier alpha value is -0.670. The summed E-state index contributed by atoms with van der Waals surface area (Å²) >= 11 is 0. The van der Waals surface area contributed by atoms with E-state index in [0.717, 1.165) is 5.56 Å². The van der Waals surface area contributed by atoms with Crippen LogP contribution in [0, 0.1) is 5.41 Å². The van der Waals surface area contributed by atoms with Crippen molar-refractivity contribution in [2.45, 2.75) is 39.5 Å². The van der Waals surface area contributed by atoms with Gasteiger partial charge in [0.25, 0.3) is 0 Å². The van der Waals surface area contributed by atoms with Crippen molar-refractivity contribution in [2.75, 3.05) is 14.2 Å². The third-order valence-electron chi connectivity index (χ3n) is 3.35. The van der Waals surface area contributed by atoms with E-state index in [9.17, 15) is 4.57 Å². The second-order valence-electron chi connectivity index (χ2n) is 5.97. The van der Waals surface area contributed by atoms with Gasteiger partial charge in [0.1, 0.15) is 5.78 Å². The van der Waals surface area contributed by atoms with E-state index >= 15 is 0 Å². The zero-order chi connectivity index (χ0) is 15.4. The Morgan fingerprint density at radius 3 is 2.00 bits per heavy atom. The van der Waals surface area contributed by atoms with Crippen LogP contribution in [0.1, 0.15) is 39.3 Å². The van der Waals surface area contributed by atoms with Crippen LogP contribution in [0.15, 0.2) is 30.3 Å². The van der Waals surface area contributed by atoms with Crippen molar-refractivity contribution in [1.82, 2.24) is 5.32 Å². The third-order valence-corrected chi connectivity index (χ3v) is 5.93. The van der Waals surface area contributed by atoms with Crippen LogP contribution >= 0.6 is 7.60 Å². The zero-order valence-corrected chi connectivity index (χ0v) is 14.1. The van der Waals surface area contributed by atoms with E-state index in [1.54, 1.807) is 0 Å². The van der Waals surface area contributed by atoms with Gasteiger partial charge in [0, 0.05) is 20.3 Å². The summed E-state index contributed by atoms with van der Waals surface area (Å²) in [7, 11) is -0.341. The number of hydrogen-bond donors (Lipinski definition) is 1. The molecule has 0 spiro atoms. The smallest absolute Gasteiger partial charge is 0.311 e. The molecule has 0 fully saturated rings. The normalized spacial score (nSPS) is 15.9. The molecule has 0 aliphatic rings. The van der Waals surface area contributed by atoms with Gasteiger partial charge in [0.2, 0.25) is 0 Å². The van der Waals surface area contributed by atoms with Gasteiger partial charge in [-0.3, -0.25) is 9.88 Å². The van der Waals surface area contributed by atoms with Crippen molar-refractivity contribution in [3.05, 3.63) is 35.9 Å². The lowest BCUT2D eigenvalue weighted by Gasteiger charge is -2.37. The summed E-state index contributed by atoms with van der Waals surface area (Å²) < 4.78 is 23.1. The summed E-state index contributed by atoms with van der Waals surface area (Å²) in [6.07, 6.45) is 0. The number of rotatable bonds is 6. The molecule has 0 radical (unpaired) electrons.